The Bertz CT molecular complexity index is 380. The molecule has 1 rings (SSSR count). The van der Waals surface area contributed by atoms with Crippen molar-refractivity contribution in [3.63, 3.8) is 0 Å². The Kier molecular flexibility index (Phi) is 4.37. The summed E-state index contributed by atoms with van der Waals surface area (Å²) in [5.41, 5.74) is -0.143. The van der Waals surface area contributed by atoms with E-state index in [1.54, 1.807) is 0 Å². The van der Waals surface area contributed by atoms with Crippen LogP contribution in [0.3, 0.4) is 0 Å². The first-order chi connectivity index (χ1) is 7.49. The molecule has 0 spiro atoms. The number of hydrogen-bond donors (Lipinski definition) is 2. The number of benzene rings is 1. The Balaban J connectivity index is 2.59. The Morgan fingerprint density at radius 1 is 1.38 bits per heavy atom. The maximum absolute atomic E-state index is 13.1. The highest BCUT2D eigenvalue weighted by atomic mass is 19.1. The van der Waals surface area contributed by atoms with Crippen LogP contribution in [0, 0.1) is 11.6 Å². The molecule has 0 fully saturated rings. The van der Waals surface area contributed by atoms with Gasteiger partial charge in [-0.2, -0.15) is 0 Å². The summed E-state index contributed by atoms with van der Waals surface area (Å²) in [6, 6.07) is 3.07. The third-order valence-electron chi connectivity index (χ3n) is 1.87. The van der Waals surface area contributed by atoms with Gasteiger partial charge in [0, 0.05) is 12.1 Å². The van der Waals surface area contributed by atoms with Gasteiger partial charge in [0.2, 0.25) is 5.91 Å². The second-order valence-electron chi connectivity index (χ2n) is 3.71. The monoisotopic (exact) mass is 228 g/mol. The van der Waals surface area contributed by atoms with Crippen LogP contribution in [0.4, 0.5) is 14.5 Å². The summed E-state index contributed by atoms with van der Waals surface area (Å²) < 4.78 is 25.9. The summed E-state index contributed by atoms with van der Waals surface area (Å²) in [5.74, 6) is -1.65. The lowest BCUT2D eigenvalue weighted by atomic mass is 10.3. The molecule has 2 N–H and O–H groups in total. The van der Waals surface area contributed by atoms with Gasteiger partial charge in [-0.25, -0.2) is 8.78 Å². The SMILES string of the molecule is CC(C)NCC(=O)Nc1cc(F)ccc1F. The van der Waals surface area contributed by atoms with Crippen molar-refractivity contribution >= 4 is 11.6 Å². The molecule has 0 aliphatic carbocycles. The van der Waals surface area contributed by atoms with Gasteiger partial charge in [0.1, 0.15) is 11.6 Å². The van der Waals surface area contributed by atoms with Crippen molar-refractivity contribution in [3.8, 4) is 0 Å². The second-order valence-corrected chi connectivity index (χ2v) is 3.71. The zero-order valence-electron chi connectivity index (χ0n) is 9.18. The molecule has 88 valence electrons. The Morgan fingerprint density at radius 3 is 2.69 bits per heavy atom. The molecular weight excluding hydrogens is 214 g/mol. The minimum atomic E-state index is -0.653. The third kappa shape index (κ3) is 3.94. The van der Waals surface area contributed by atoms with Crippen molar-refractivity contribution in [3.05, 3.63) is 29.8 Å². The van der Waals surface area contributed by atoms with E-state index in [2.05, 4.69) is 10.6 Å². The predicted molar refractivity (Wildman–Crippen MR) is 58.1 cm³/mol. The number of carbonyl (C=O) groups excluding carboxylic acids is 1. The van der Waals surface area contributed by atoms with Crippen LogP contribution in [-0.4, -0.2) is 18.5 Å². The number of halogens is 2. The van der Waals surface area contributed by atoms with Crippen molar-refractivity contribution in [1.82, 2.24) is 5.32 Å². The molecule has 0 heterocycles. The van der Waals surface area contributed by atoms with Crippen LogP contribution in [0.15, 0.2) is 18.2 Å². The first-order valence-electron chi connectivity index (χ1n) is 4.97. The number of rotatable bonds is 4. The smallest absolute Gasteiger partial charge is 0.238 e. The first kappa shape index (κ1) is 12.6. The van der Waals surface area contributed by atoms with Crippen LogP contribution < -0.4 is 10.6 Å². The van der Waals surface area contributed by atoms with Crippen LogP contribution in [0.2, 0.25) is 0 Å². The summed E-state index contributed by atoms with van der Waals surface area (Å²) >= 11 is 0. The maximum atomic E-state index is 13.1. The predicted octanol–water partition coefficient (Wildman–Crippen LogP) is 1.90. The van der Waals surface area contributed by atoms with Crippen molar-refractivity contribution in [2.45, 2.75) is 19.9 Å². The van der Waals surface area contributed by atoms with Crippen molar-refractivity contribution < 1.29 is 13.6 Å². The molecular formula is C11H14F2N2O. The highest BCUT2D eigenvalue weighted by molar-refractivity contribution is 5.92. The molecule has 0 saturated carbocycles. The number of nitrogens with one attached hydrogen (secondary N) is 2. The highest BCUT2D eigenvalue weighted by Crippen LogP contribution is 2.14. The fraction of sp³-hybridized carbons (Fsp3) is 0.364. The minimum Gasteiger partial charge on any atom is -0.322 e. The van der Waals surface area contributed by atoms with Gasteiger partial charge in [0.25, 0.3) is 0 Å². The van der Waals surface area contributed by atoms with E-state index in [-0.39, 0.29) is 18.3 Å². The summed E-state index contributed by atoms with van der Waals surface area (Å²) in [4.78, 5) is 11.3. The zero-order chi connectivity index (χ0) is 12.1. The number of amides is 1. The second kappa shape index (κ2) is 5.55. The molecule has 1 amide bonds. The zero-order valence-corrected chi connectivity index (χ0v) is 9.18. The van der Waals surface area contributed by atoms with E-state index in [0.717, 1.165) is 18.2 Å². The summed E-state index contributed by atoms with van der Waals surface area (Å²) in [6.07, 6.45) is 0. The molecule has 3 nitrogen and oxygen atoms in total. The van der Waals surface area contributed by atoms with Gasteiger partial charge in [-0.1, -0.05) is 13.8 Å². The van der Waals surface area contributed by atoms with Gasteiger partial charge >= 0.3 is 0 Å². The molecule has 0 bridgehead atoms. The van der Waals surface area contributed by atoms with Crippen LogP contribution in [0.25, 0.3) is 0 Å². The normalized spacial score (nSPS) is 10.6. The molecule has 1 aromatic carbocycles. The highest BCUT2D eigenvalue weighted by Gasteiger charge is 2.08. The van der Waals surface area contributed by atoms with Crippen LogP contribution >= 0.6 is 0 Å². The summed E-state index contributed by atoms with van der Waals surface area (Å²) in [7, 11) is 0. The van der Waals surface area contributed by atoms with Crippen molar-refractivity contribution in [2.75, 3.05) is 11.9 Å². The lowest BCUT2D eigenvalue weighted by Crippen LogP contribution is -2.32. The van der Waals surface area contributed by atoms with Gasteiger partial charge in [0.05, 0.1) is 12.2 Å². The van der Waals surface area contributed by atoms with Crippen LogP contribution in [-0.2, 0) is 4.79 Å². The van der Waals surface area contributed by atoms with Crippen LogP contribution in [0.1, 0.15) is 13.8 Å². The Hall–Kier alpha value is -1.49. The standard InChI is InChI=1S/C11H14F2N2O/c1-7(2)14-6-11(16)15-10-5-8(12)3-4-9(10)13/h3-5,7,14H,6H2,1-2H3,(H,15,16). The number of anilines is 1. The van der Waals surface area contributed by atoms with E-state index in [1.807, 2.05) is 13.8 Å². The average Bonchev–Trinajstić information content (AvgIpc) is 2.20. The van der Waals surface area contributed by atoms with Crippen molar-refractivity contribution in [2.24, 2.45) is 0 Å². The molecule has 0 aliphatic heterocycles. The van der Waals surface area contributed by atoms with E-state index in [4.69, 9.17) is 0 Å². The molecule has 0 atom stereocenters. The van der Waals surface area contributed by atoms with Crippen molar-refractivity contribution in [1.29, 1.82) is 0 Å². The largest absolute Gasteiger partial charge is 0.322 e. The lowest BCUT2D eigenvalue weighted by Gasteiger charge is -2.09. The quantitative estimate of drug-likeness (QED) is 0.826. The van der Waals surface area contributed by atoms with Gasteiger partial charge in [-0.15, -0.1) is 0 Å². The third-order valence-corrected chi connectivity index (χ3v) is 1.87. The molecule has 5 heteroatoms. The molecule has 0 aromatic heterocycles. The fourth-order valence-electron chi connectivity index (χ4n) is 1.08. The van der Waals surface area contributed by atoms with E-state index < -0.39 is 17.5 Å². The van der Waals surface area contributed by atoms with Gasteiger partial charge in [-0.3, -0.25) is 4.79 Å². The Labute approximate surface area is 92.8 Å². The molecule has 0 saturated heterocycles. The molecule has 0 radical (unpaired) electrons. The van der Waals surface area contributed by atoms with Gasteiger partial charge in [0.15, 0.2) is 0 Å². The topological polar surface area (TPSA) is 41.1 Å². The lowest BCUT2D eigenvalue weighted by molar-refractivity contribution is -0.115. The number of hydrogen-bond acceptors (Lipinski definition) is 2. The van der Waals surface area contributed by atoms with Gasteiger partial charge < -0.3 is 10.6 Å². The minimum absolute atomic E-state index is 0.0631. The molecule has 1 aromatic rings. The molecule has 0 aliphatic rings. The van der Waals surface area contributed by atoms with Gasteiger partial charge in [-0.05, 0) is 12.1 Å². The van der Waals surface area contributed by atoms with Crippen LogP contribution in [0.5, 0.6) is 0 Å². The molecule has 0 unspecified atom stereocenters. The van der Waals surface area contributed by atoms with E-state index in [1.165, 1.54) is 0 Å². The summed E-state index contributed by atoms with van der Waals surface area (Å²) in [5, 5.41) is 5.16. The Morgan fingerprint density at radius 2 is 2.06 bits per heavy atom. The van der Waals surface area contributed by atoms with E-state index >= 15 is 0 Å². The summed E-state index contributed by atoms with van der Waals surface area (Å²) in [6.45, 7) is 3.83. The number of carbonyl (C=O) groups is 1. The first-order valence-corrected chi connectivity index (χ1v) is 4.97. The van der Waals surface area contributed by atoms with E-state index in [9.17, 15) is 13.6 Å². The fourth-order valence-corrected chi connectivity index (χ4v) is 1.08. The molecule has 16 heavy (non-hydrogen) atoms. The van der Waals surface area contributed by atoms with E-state index in [0.29, 0.717) is 0 Å². The maximum Gasteiger partial charge on any atom is 0.238 e. The average molecular weight is 228 g/mol.